The van der Waals surface area contributed by atoms with Crippen molar-refractivity contribution in [2.75, 3.05) is 7.11 Å². The van der Waals surface area contributed by atoms with Crippen LogP contribution in [-0.2, 0) is 22.2 Å². The highest BCUT2D eigenvalue weighted by Crippen LogP contribution is 2.29. The van der Waals surface area contributed by atoms with E-state index >= 15 is 0 Å². The minimum absolute atomic E-state index is 0.101. The summed E-state index contributed by atoms with van der Waals surface area (Å²) >= 11 is -2.60. The molecule has 1 heterocycles. The second kappa shape index (κ2) is 8.38. The molecule has 0 saturated heterocycles. The van der Waals surface area contributed by atoms with Crippen LogP contribution in [0.1, 0.15) is 17.7 Å². The molecule has 0 fully saturated rings. The van der Waals surface area contributed by atoms with Gasteiger partial charge in [-0.25, -0.2) is 17.7 Å². The average Bonchev–Trinajstić information content (AvgIpc) is 3.12. The number of rotatable bonds is 7. The average molecular weight is 393 g/mol. The lowest BCUT2D eigenvalue weighted by atomic mass is 10.1. The highest BCUT2D eigenvalue weighted by Gasteiger charge is 2.17. The van der Waals surface area contributed by atoms with E-state index in [2.05, 4.69) is 9.28 Å². The SMILES string of the molecule is COc1ccc(-n2nc(C(F)F)cc2-c2ccc(COS(=O)[O-])cc2)cc1. The Bertz CT molecular complexity index is 928. The van der Waals surface area contributed by atoms with E-state index in [-0.39, 0.29) is 12.3 Å². The topological polar surface area (TPSA) is 76.4 Å². The number of halogens is 2. The predicted molar refractivity (Wildman–Crippen MR) is 94.2 cm³/mol. The monoisotopic (exact) mass is 393 g/mol. The Hall–Kier alpha value is -2.62. The highest BCUT2D eigenvalue weighted by molar-refractivity contribution is 7.74. The molecule has 0 aliphatic heterocycles. The van der Waals surface area contributed by atoms with E-state index in [1.807, 2.05) is 0 Å². The normalized spacial score (nSPS) is 12.3. The summed E-state index contributed by atoms with van der Waals surface area (Å²) in [5.74, 6) is 0.640. The molecule has 0 bridgehead atoms. The standard InChI is InChI=1S/C18H16F2N2O4S/c1-25-15-8-6-14(7-9-15)22-17(10-16(21-22)18(19)20)13-4-2-12(3-5-13)11-26-27(23)24/h2-10,18H,11H2,1H3,(H,23,24)/p-1. The summed E-state index contributed by atoms with van der Waals surface area (Å²) in [6.07, 6.45) is -2.71. The van der Waals surface area contributed by atoms with E-state index in [9.17, 15) is 17.5 Å². The highest BCUT2D eigenvalue weighted by atomic mass is 32.2. The summed E-state index contributed by atoms with van der Waals surface area (Å²) in [6.45, 7) is -0.101. The smallest absolute Gasteiger partial charge is 0.282 e. The molecule has 27 heavy (non-hydrogen) atoms. The van der Waals surface area contributed by atoms with Crippen LogP contribution in [0.15, 0.2) is 54.6 Å². The molecule has 1 unspecified atom stereocenters. The first-order valence-electron chi connectivity index (χ1n) is 7.82. The third kappa shape index (κ3) is 4.57. The second-order valence-electron chi connectivity index (χ2n) is 5.53. The van der Waals surface area contributed by atoms with Crippen molar-refractivity contribution < 1.29 is 26.5 Å². The first-order valence-corrected chi connectivity index (χ1v) is 8.82. The summed E-state index contributed by atoms with van der Waals surface area (Å²) in [7, 11) is 1.54. The number of methoxy groups -OCH3 is 1. The quantitative estimate of drug-likeness (QED) is 0.571. The first kappa shape index (κ1) is 19.2. The summed E-state index contributed by atoms with van der Waals surface area (Å²) in [5, 5.41) is 4.01. The van der Waals surface area contributed by atoms with Crippen molar-refractivity contribution in [1.82, 2.24) is 9.78 Å². The van der Waals surface area contributed by atoms with E-state index in [4.69, 9.17) is 4.74 Å². The van der Waals surface area contributed by atoms with Gasteiger partial charge < -0.3 is 9.29 Å². The van der Waals surface area contributed by atoms with Crippen molar-refractivity contribution in [3.63, 3.8) is 0 Å². The van der Waals surface area contributed by atoms with E-state index in [0.717, 1.165) is 0 Å². The lowest BCUT2D eigenvalue weighted by Crippen LogP contribution is -2.00. The van der Waals surface area contributed by atoms with Gasteiger partial charge in [0, 0.05) is 5.56 Å². The third-order valence-electron chi connectivity index (χ3n) is 3.84. The molecule has 2 aromatic carbocycles. The summed E-state index contributed by atoms with van der Waals surface area (Å²) in [5.41, 5.74) is 2.03. The molecule has 1 aromatic heterocycles. The van der Waals surface area contributed by atoms with Gasteiger partial charge in [0.15, 0.2) is 0 Å². The largest absolute Gasteiger partial charge is 0.750 e. The lowest BCUT2D eigenvalue weighted by molar-refractivity contribution is 0.145. The molecule has 1 atom stereocenters. The molecular weight excluding hydrogens is 378 g/mol. The van der Waals surface area contributed by atoms with Gasteiger partial charge in [-0.05, 0) is 35.9 Å². The lowest BCUT2D eigenvalue weighted by Gasteiger charge is -2.10. The molecule has 3 aromatic rings. The van der Waals surface area contributed by atoms with Crippen LogP contribution >= 0.6 is 0 Å². The van der Waals surface area contributed by atoms with Crippen LogP contribution in [0.3, 0.4) is 0 Å². The molecule has 3 rings (SSSR count). The van der Waals surface area contributed by atoms with Crippen molar-refractivity contribution in [3.05, 3.63) is 65.9 Å². The van der Waals surface area contributed by atoms with Gasteiger partial charge >= 0.3 is 0 Å². The van der Waals surface area contributed by atoms with Crippen LogP contribution in [-0.4, -0.2) is 25.7 Å². The third-order valence-corrected chi connectivity index (χ3v) is 4.15. The number of aromatic nitrogens is 2. The van der Waals surface area contributed by atoms with Crippen LogP contribution in [0.4, 0.5) is 8.78 Å². The fourth-order valence-electron chi connectivity index (χ4n) is 2.52. The number of alkyl halides is 2. The van der Waals surface area contributed by atoms with Gasteiger partial charge in [-0.1, -0.05) is 24.3 Å². The molecule has 0 aliphatic carbocycles. The van der Waals surface area contributed by atoms with Crippen molar-refractivity contribution >= 4 is 11.4 Å². The van der Waals surface area contributed by atoms with Crippen molar-refractivity contribution in [1.29, 1.82) is 0 Å². The minimum atomic E-state index is -2.71. The molecular formula is C18H15F2N2O4S-. The molecule has 6 nitrogen and oxygen atoms in total. The van der Waals surface area contributed by atoms with Gasteiger partial charge in [0.1, 0.15) is 11.4 Å². The maximum atomic E-state index is 13.2. The van der Waals surface area contributed by atoms with Crippen LogP contribution in [0, 0.1) is 0 Å². The molecule has 142 valence electrons. The van der Waals surface area contributed by atoms with E-state index in [1.54, 1.807) is 48.5 Å². The molecule has 0 spiro atoms. The summed E-state index contributed by atoms with van der Waals surface area (Å²) in [6, 6.07) is 14.9. The maximum Gasteiger partial charge on any atom is 0.282 e. The van der Waals surface area contributed by atoms with Crippen LogP contribution in [0.2, 0.25) is 0 Å². The number of ether oxygens (including phenoxy) is 1. The Labute approximate surface area is 156 Å². The van der Waals surface area contributed by atoms with Crippen molar-refractivity contribution in [3.8, 4) is 22.7 Å². The molecule has 0 amide bonds. The van der Waals surface area contributed by atoms with Gasteiger partial charge in [0.05, 0.1) is 36.5 Å². The Morgan fingerprint density at radius 1 is 1.15 bits per heavy atom. The second-order valence-corrected chi connectivity index (χ2v) is 6.17. The van der Waals surface area contributed by atoms with Crippen molar-refractivity contribution in [2.45, 2.75) is 13.0 Å². The molecule has 0 saturated carbocycles. The fourth-order valence-corrected chi connectivity index (χ4v) is 2.75. The Morgan fingerprint density at radius 2 is 1.81 bits per heavy atom. The molecule has 9 heteroatoms. The van der Waals surface area contributed by atoms with Gasteiger partial charge in [-0.2, -0.15) is 5.10 Å². The van der Waals surface area contributed by atoms with Crippen molar-refractivity contribution in [2.24, 2.45) is 0 Å². The zero-order chi connectivity index (χ0) is 19.4. The van der Waals surface area contributed by atoms with Crippen LogP contribution < -0.4 is 4.74 Å². The number of nitrogens with zero attached hydrogens (tertiary/aromatic N) is 2. The fraction of sp³-hybridized carbons (Fsp3) is 0.167. The van der Waals surface area contributed by atoms with E-state index in [1.165, 1.54) is 17.9 Å². The zero-order valence-corrected chi connectivity index (χ0v) is 15.0. The van der Waals surface area contributed by atoms with Gasteiger partial charge in [-0.3, -0.25) is 4.18 Å². The molecule has 0 aliphatic rings. The predicted octanol–water partition coefficient (Wildman–Crippen LogP) is 3.80. The summed E-state index contributed by atoms with van der Waals surface area (Å²) in [4.78, 5) is 0. The van der Waals surface area contributed by atoms with Crippen LogP contribution in [0.25, 0.3) is 16.9 Å². The number of hydrogen-bond donors (Lipinski definition) is 0. The molecule has 0 radical (unpaired) electrons. The summed E-state index contributed by atoms with van der Waals surface area (Å²) < 4.78 is 58.3. The Balaban J connectivity index is 1.97. The first-order chi connectivity index (χ1) is 13.0. The zero-order valence-electron chi connectivity index (χ0n) is 14.2. The number of hydrogen-bond acceptors (Lipinski definition) is 5. The van der Waals surface area contributed by atoms with Crippen LogP contribution in [0.5, 0.6) is 5.75 Å². The Kier molecular flexibility index (Phi) is 5.94. The van der Waals surface area contributed by atoms with Gasteiger partial charge in [0.25, 0.3) is 6.43 Å². The maximum absolute atomic E-state index is 13.2. The molecule has 0 N–H and O–H groups in total. The van der Waals surface area contributed by atoms with Gasteiger partial charge in [0.2, 0.25) is 0 Å². The Morgan fingerprint density at radius 3 is 2.37 bits per heavy atom. The van der Waals surface area contributed by atoms with E-state index < -0.39 is 17.8 Å². The number of benzene rings is 2. The van der Waals surface area contributed by atoms with Gasteiger partial charge in [-0.15, -0.1) is 0 Å². The minimum Gasteiger partial charge on any atom is -0.750 e. The van der Waals surface area contributed by atoms with E-state index in [0.29, 0.717) is 28.3 Å².